The molecule has 4 nitrogen and oxygen atoms in total. The quantitative estimate of drug-likeness (QED) is 0.258. The molecule has 0 bridgehead atoms. The second kappa shape index (κ2) is 10.1. The Kier molecular flexibility index (Phi) is 6.70. The van der Waals surface area contributed by atoms with Crippen LogP contribution in [0.1, 0.15) is 35.8 Å². The molecule has 0 aliphatic carbocycles. The van der Waals surface area contributed by atoms with Gasteiger partial charge in [0.25, 0.3) is 0 Å². The van der Waals surface area contributed by atoms with Gasteiger partial charge in [-0.1, -0.05) is 56.3 Å². The molecule has 1 atom stereocenters. The Balaban J connectivity index is 1.45. The highest BCUT2D eigenvalue weighted by Crippen LogP contribution is 2.41. The summed E-state index contributed by atoms with van der Waals surface area (Å²) in [6.07, 6.45) is 2.25. The Hall–Kier alpha value is -3.77. The minimum Gasteiger partial charge on any atom is -0.355 e. The Morgan fingerprint density at radius 1 is 1.00 bits per heavy atom. The molecule has 3 aromatic carbocycles. The maximum atomic E-state index is 13.4. The molecule has 36 heavy (non-hydrogen) atoms. The third-order valence-corrected chi connectivity index (χ3v) is 7.44. The lowest BCUT2D eigenvalue weighted by Crippen LogP contribution is -2.38. The van der Waals surface area contributed by atoms with E-state index >= 15 is 0 Å². The molecule has 5 aromatic rings. The molecule has 182 valence electrons. The van der Waals surface area contributed by atoms with Crippen LogP contribution in [-0.2, 0) is 11.2 Å². The van der Waals surface area contributed by atoms with Crippen LogP contribution in [0.5, 0.6) is 0 Å². The van der Waals surface area contributed by atoms with Crippen molar-refractivity contribution >= 4 is 28.1 Å². The largest absolute Gasteiger partial charge is 0.355 e. The first kappa shape index (κ1) is 23.9. The van der Waals surface area contributed by atoms with Crippen molar-refractivity contribution in [3.63, 3.8) is 0 Å². The predicted octanol–water partition coefficient (Wildman–Crippen LogP) is 6.74. The van der Waals surface area contributed by atoms with Gasteiger partial charge in [-0.05, 0) is 64.4 Å². The first-order valence-electron chi connectivity index (χ1n) is 12.0. The number of carbonyl (C=O) groups is 1. The maximum absolute atomic E-state index is 13.4. The minimum absolute atomic E-state index is 0.0355. The van der Waals surface area contributed by atoms with E-state index in [1.807, 2.05) is 34.5 Å². The first-order valence-corrected chi connectivity index (χ1v) is 12.9. The van der Waals surface area contributed by atoms with Crippen molar-refractivity contribution in [3.8, 4) is 5.69 Å². The smallest absolute Gasteiger partial charge is 0.225 e. The van der Waals surface area contributed by atoms with Gasteiger partial charge in [0, 0.05) is 22.7 Å². The summed E-state index contributed by atoms with van der Waals surface area (Å²) in [6.45, 7) is 4.94. The van der Waals surface area contributed by atoms with Crippen LogP contribution in [0.2, 0.25) is 0 Å². The molecule has 2 heterocycles. The number of thiophene rings is 1. The monoisotopic (exact) mass is 497 g/mol. The first-order chi connectivity index (χ1) is 17.4. The van der Waals surface area contributed by atoms with Gasteiger partial charge in [-0.15, -0.1) is 11.3 Å². The van der Waals surface area contributed by atoms with E-state index in [0.29, 0.717) is 13.0 Å². The molecule has 1 N–H and O–H groups in total. The molecule has 2 aromatic heterocycles. The van der Waals surface area contributed by atoms with Crippen LogP contribution < -0.4 is 5.32 Å². The number of rotatable bonds is 8. The van der Waals surface area contributed by atoms with Gasteiger partial charge in [0.2, 0.25) is 5.91 Å². The molecule has 0 spiro atoms. The summed E-state index contributed by atoms with van der Waals surface area (Å²) < 4.78 is 15.2. The van der Waals surface area contributed by atoms with E-state index in [4.69, 9.17) is 0 Å². The molecule has 0 radical (unpaired) electrons. The average molecular weight is 498 g/mol. The van der Waals surface area contributed by atoms with Crippen molar-refractivity contribution in [2.75, 3.05) is 6.54 Å². The normalized spacial score (nSPS) is 12.5. The standard InChI is InChI=1S/C30H28FN3OS/c1-30(2,20-32-28(35)18-26-9-6-16-36-26)29(21-7-4-3-5-8-21)22-10-15-27-23(17-22)19-33-34(27)25-13-11-24(31)12-14-25/h3-17,19,29H,18,20H2,1-2H3,(H,32,35)/t29-/m1/s1. The van der Waals surface area contributed by atoms with Gasteiger partial charge >= 0.3 is 0 Å². The van der Waals surface area contributed by atoms with Crippen molar-refractivity contribution in [2.45, 2.75) is 26.2 Å². The molecule has 0 saturated carbocycles. The minimum atomic E-state index is -0.270. The topological polar surface area (TPSA) is 46.9 Å². The molecule has 0 unspecified atom stereocenters. The van der Waals surface area contributed by atoms with Crippen LogP contribution in [0.15, 0.2) is 96.5 Å². The highest BCUT2D eigenvalue weighted by Gasteiger charge is 2.33. The number of hydrogen-bond donors (Lipinski definition) is 1. The number of halogens is 1. The number of nitrogens with zero attached hydrogens (tertiary/aromatic N) is 2. The zero-order valence-electron chi connectivity index (χ0n) is 20.3. The molecule has 6 heteroatoms. The summed E-state index contributed by atoms with van der Waals surface area (Å²) in [5.74, 6) is -0.180. The molecule has 1 amide bonds. The molecule has 5 rings (SSSR count). The van der Waals surface area contributed by atoms with E-state index in [0.717, 1.165) is 27.0 Å². The maximum Gasteiger partial charge on any atom is 0.225 e. The zero-order valence-corrected chi connectivity index (χ0v) is 21.1. The molecular formula is C30H28FN3OS. The number of amides is 1. The lowest BCUT2D eigenvalue weighted by molar-refractivity contribution is -0.120. The van der Waals surface area contributed by atoms with Crippen molar-refractivity contribution in [2.24, 2.45) is 5.41 Å². The second-order valence-corrected chi connectivity index (χ2v) is 10.7. The summed E-state index contributed by atoms with van der Waals surface area (Å²) in [5.41, 5.74) is 3.87. The average Bonchev–Trinajstić information content (AvgIpc) is 3.54. The van der Waals surface area contributed by atoms with Gasteiger partial charge in [-0.3, -0.25) is 4.79 Å². The SMILES string of the molecule is CC(C)(CNC(=O)Cc1cccs1)[C@H](c1ccccc1)c1ccc2c(cnn2-c2ccc(F)cc2)c1. The van der Waals surface area contributed by atoms with E-state index in [2.05, 4.69) is 66.7 Å². The summed E-state index contributed by atoms with van der Waals surface area (Å²) >= 11 is 1.60. The number of fused-ring (bicyclic) bond motifs is 1. The molecular weight excluding hydrogens is 469 g/mol. The number of hydrogen-bond acceptors (Lipinski definition) is 3. The van der Waals surface area contributed by atoms with Gasteiger partial charge < -0.3 is 5.32 Å². The molecule has 0 saturated heterocycles. The Labute approximate surface area is 214 Å². The number of carbonyl (C=O) groups excluding carboxylic acids is 1. The van der Waals surface area contributed by atoms with Crippen LogP contribution in [0, 0.1) is 11.2 Å². The Morgan fingerprint density at radius 3 is 2.50 bits per heavy atom. The fourth-order valence-corrected chi connectivity index (χ4v) is 5.53. The summed E-state index contributed by atoms with van der Waals surface area (Å²) in [6, 6.07) is 27.1. The fraction of sp³-hybridized carbons (Fsp3) is 0.200. The lowest BCUT2D eigenvalue weighted by atomic mass is 9.71. The van der Waals surface area contributed by atoms with Gasteiger partial charge in [0.15, 0.2) is 0 Å². The van der Waals surface area contributed by atoms with E-state index in [9.17, 15) is 9.18 Å². The zero-order chi connectivity index (χ0) is 25.1. The highest BCUT2D eigenvalue weighted by atomic mass is 32.1. The van der Waals surface area contributed by atoms with Gasteiger partial charge in [-0.2, -0.15) is 5.10 Å². The third kappa shape index (κ3) is 5.09. The molecule has 0 fully saturated rings. The fourth-order valence-electron chi connectivity index (χ4n) is 4.82. The third-order valence-electron chi connectivity index (χ3n) is 6.57. The lowest BCUT2D eigenvalue weighted by Gasteiger charge is -2.35. The van der Waals surface area contributed by atoms with E-state index in [-0.39, 0.29) is 23.1 Å². The predicted molar refractivity (Wildman–Crippen MR) is 144 cm³/mol. The van der Waals surface area contributed by atoms with Gasteiger partial charge in [0.1, 0.15) is 5.82 Å². The summed E-state index contributed by atoms with van der Waals surface area (Å²) in [7, 11) is 0. The number of nitrogens with one attached hydrogen (secondary N) is 1. The second-order valence-electron chi connectivity index (χ2n) is 9.72. The highest BCUT2D eigenvalue weighted by molar-refractivity contribution is 7.10. The van der Waals surface area contributed by atoms with E-state index in [1.54, 1.807) is 23.5 Å². The van der Waals surface area contributed by atoms with Gasteiger partial charge in [-0.25, -0.2) is 9.07 Å². The van der Waals surface area contributed by atoms with Crippen LogP contribution in [0.3, 0.4) is 0 Å². The van der Waals surface area contributed by atoms with Crippen molar-refractivity contribution in [1.82, 2.24) is 15.1 Å². The van der Waals surface area contributed by atoms with E-state index < -0.39 is 0 Å². The number of aromatic nitrogens is 2. The van der Waals surface area contributed by atoms with Crippen molar-refractivity contribution < 1.29 is 9.18 Å². The number of benzene rings is 3. The van der Waals surface area contributed by atoms with E-state index in [1.165, 1.54) is 17.7 Å². The Bertz CT molecular complexity index is 1460. The van der Waals surface area contributed by atoms with Crippen molar-refractivity contribution in [1.29, 1.82) is 0 Å². The van der Waals surface area contributed by atoms with Crippen LogP contribution in [0.25, 0.3) is 16.6 Å². The Morgan fingerprint density at radius 2 is 1.78 bits per heavy atom. The summed E-state index contributed by atoms with van der Waals surface area (Å²) in [4.78, 5) is 13.7. The molecule has 0 aliphatic heterocycles. The summed E-state index contributed by atoms with van der Waals surface area (Å²) in [5, 5.41) is 10.7. The van der Waals surface area contributed by atoms with Crippen molar-refractivity contribution in [3.05, 3.63) is 118 Å². The van der Waals surface area contributed by atoms with Crippen LogP contribution in [0.4, 0.5) is 4.39 Å². The van der Waals surface area contributed by atoms with Crippen LogP contribution in [-0.4, -0.2) is 22.2 Å². The molecule has 0 aliphatic rings. The van der Waals surface area contributed by atoms with Crippen LogP contribution >= 0.6 is 11.3 Å². The van der Waals surface area contributed by atoms with Gasteiger partial charge in [0.05, 0.1) is 23.8 Å².